The SMILES string of the molecule is Cc1nn(CN2CCC[C@H]2c2nc3ccccc3s2)c(=O)c(C#N)c1C. The summed E-state index contributed by atoms with van der Waals surface area (Å²) in [5, 5.41) is 14.8. The first-order valence-corrected chi connectivity index (χ1v) is 9.48. The van der Waals surface area contributed by atoms with E-state index in [0.717, 1.165) is 35.6 Å². The molecule has 0 amide bonds. The number of para-hydroxylation sites is 1. The monoisotopic (exact) mass is 365 g/mol. The van der Waals surface area contributed by atoms with E-state index in [9.17, 15) is 10.1 Å². The molecule has 0 bridgehead atoms. The van der Waals surface area contributed by atoms with Gasteiger partial charge in [0.1, 0.15) is 16.6 Å². The van der Waals surface area contributed by atoms with E-state index in [4.69, 9.17) is 4.98 Å². The largest absolute Gasteiger partial charge is 0.286 e. The molecule has 0 unspecified atom stereocenters. The van der Waals surface area contributed by atoms with Crippen LogP contribution in [0.4, 0.5) is 0 Å². The average Bonchev–Trinajstić information content (AvgIpc) is 3.26. The van der Waals surface area contributed by atoms with Crippen LogP contribution in [0.2, 0.25) is 0 Å². The van der Waals surface area contributed by atoms with Gasteiger partial charge in [0.2, 0.25) is 0 Å². The second-order valence-corrected chi connectivity index (χ2v) is 7.70. The van der Waals surface area contributed by atoms with Crippen molar-refractivity contribution in [2.75, 3.05) is 6.54 Å². The predicted molar refractivity (Wildman–Crippen MR) is 101 cm³/mol. The van der Waals surface area contributed by atoms with E-state index < -0.39 is 0 Å². The van der Waals surface area contributed by atoms with Gasteiger partial charge in [-0.2, -0.15) is 10.4 Å². The van der Waals surface area contributed by atoms with Crippen molar-refractivity contribution < 1.29 is 0 Å². The number of fused-ring (bicyclic) bond motifs is 1. The molecule has 0 saturated carbocycles. The molecule has 1 fully saturated rings. The lowest BCUT2D eigenvalue weighted by Gasteiger charge is -2.23. The van der Waals surface area contributed by atoms with Gasteiger partial charge in [-0.1, -0.05) is 12.1 Å². The van der Waals surface area contributed by atoms with Gasteiger partial charge < -0.3 is 0 Å². The van der Waals surface area contributed by atoms with Crippen LogP contribution in [-0.4, -0.2) is 26.2 Å². The predicted octanol–water partition coefficient (Wildman–Crippen LogP) is 3.14. The third-order valence-electron chi connectivity index (χ3n) is 5.02. The van der Waals surface area contributed by atoms with Crippen LogP contribution >= 0.6 is 11.3 Å². The highest BCUT2D eigenvalue weighted by Crippen LogP contribution is 2.36. The molecule has 1 saturated heterocycles. The highest BCUT2D eigenvalue weighted by atomic mass is 32.1. The maximum Gasteiger partial charge on any atom is 0.286 e. The standard InChI is InChI=1S/C19H19N5OS/c1-12-13(2)22-24(19(25)14(12)10-20)11-23-9-5-7-16(23)18-21-15-6-3-4-8-17(15)26-18/h3-4,6,8,16H,5,7,9,11H2,1-2H3/t16-/m0/s1. The van der Waals surface area contributed by atoms with E-state index in [-0.39, 0.29) is 17.2 Å². The maximum absolute atomic E-state index is 12.6. The maximum atomic E-state index is 12.6. The van der Waals surface area contributed by atoms with Gasteiger partial charge >= 0.3 is 0 Å². The van der Waals surface area contributed by atoms with Crippen LogP contribution in [-0.2, 0) is 6.67 Å². The fourth-order valence-electron chi connectivity index (χ4n) is 3.48. The second kappa shape index (κ2) is 6.63. The fraction of sp³-hybridized carbons (Fsp3) is 0.368. The summed E-state index contributed by atoms with van der Waals surface area (Å²) in [5.41, 5.74) is 2.28. The van der Waals surface area contributed by atoms with Gasteiger partial charge in [0.15, 0.2) is 0 Å². The van der Waals surface area contributed by atoms with Crippen LogP contribution in [0.25, 0.3) is 10.2 Å². The molecule has 0 spiro atoms. The van der Waals surface area contributed by atoms with Crippen LogP contribution in [0.1, 0.15) is 40.7 Å². The molecule has 1 aliphatic rings. The van der Waals surface area contributed by atoms with Gasteiger partial charge in [-0.25, -0.2) is 9.67 Å². The van der Waals surface area contributed by atoms with Gasteiger partial charge in [0, 0.05) is 6.54 Å². The molecule has 7 heteroatoms. The topological polar surface area (TPSA) is 74.8 Å². The van der Waals surface area contributed by atoms with E-state index >= 15 is 0 Å². The van der Waals surface area contributed by atoms with Crippen molar-refractivity contribution in [3.05, 3.63) is 56.4 Å². The Morgan fingerprint density at radius 2 is 2.15 bits per heavy atom. The van der Waals surface area contributed by atoms with Crippen LogP contribution in [0, 0.1) is 25.2 Å². The van der Waals surface area contributed by atoms with Crippen LogP contribution < -0.4 is 5.56 Å². The van der Waals surface area contributed by atoms with Crippen LogP contribution in [0.3, 0.4) is 0 Å². The molecule has 26 heavy (non-hydrogen) atoms. The number of nitrogens with zero attached hydrogens (tertiary/aromatic N) is 5. The molecule has 2 aromatic heterocycles. The molecule has 1 atom stereocenters. The van der Waals surface area contributed by atoms with E-state index in [1.54, 1.807) is 18.3 Å². The number of aromatic nitrogens is 3. The Kier molecular flexibility index (Phi) is 4.31. The van der Waals surface area contributed by atoms with E-state index in [1.807, 2.05) is 31.2 Å². The average molecular weight is 365 g/mol. The molecular weight excluding hydrogens is 346 g/mol. The minimum Gasteiger partial charge on any atom is -0.275 e. The van der Waals surface area contributed by atoms with Crippen molar-refractivity contribution in [3.8, 4) is 6.07 Å². The summed E-state index contributed by atoms with van der Waals surface area (Å²) in [7, 11) is 0. The van der Waals surface area contributed by atoms with Crippen molar-refractivity contribution in [1.29, 1.82) is 5.26 Å². The number of likely N-dealkylation sites (tertiary alicyclic amines) is 1. The molecule has 4 rings (SSSR count). The summed E-state index contributed by atoms with van der Waals surface area (Å²) in [6, 6.07) is 10.4. The Morgan fingerprint density at radius 1 is 1.35 bits per heavy atom. The number of benzene rings is 1. The molecule has 0 N–H and O–H groups in total. The summed E-state index contributed by atoms with van der Waals surface area (Å²) in [6.45, 7) is 4.88. The van der Waals surface area contributed by atoms with Crippen LogP contribution in [0.15, 0.2) is 29.1 Å². The fourth-order valence-corrected chi connectivity index (χ4v) is 4.62. The summed E-state index contributed by atoms with van der Waals surface area (Å²) in [6.07, 6.45) is 2.08. The van der Waals surface area contributed by atoms with Crippen LogP contribution in [0.5, 0.6) is 0 Å². The van der Waals surface area contributed by atoms with Gasteiger partial charge in [0.05, 0.1) is 28.6 Å². The zero-order valence-corrected chi connectivity index (χ0v) is 15.6. The first kappa shape index (κ1) is 16.9. The molecule has 0 aliphatic carbocycles. The lowest BCUT2D eigenvalue weighted by Crippen LogP contribution is -2.35. The summed E-state index contributed by atoms with van der Waals surface area (Å²) in [5.74, 6) is 0. The molecule has 1 aliphatic heterocycles. The second-order valence-electron chi connectivity index (χ2n) is 6.63. The summed E-state index contributed by atoms with van der Waals surface area (Å²) in [4.78, 5) is 19.6. The number of nitriles is 1. The molecule has 0 radical (unpaired) electrons. The molecule has 6 nitrogen and oxygen atoms in total. The Labute approximate surface area is 155 Å². The quantitative estimate of drug-likeness (QED) is 0.713. The number of hydrogen-bond acceptors (Lipinski definition) is 6. The third kappa shape index (κ3) is 2.81. The molecule has 132 valence electrons. The van der Waals surface area contributed by atoms with Gasteiger partial charge in [-0.05, 0) is 44.4 Å². The van der Waals surface area contributed by atoms with Gasteiger partial charge in [-0.3, -0.25) is 9.69 Å². The Bertz CT molecular complexity index is 1040. The smallest absolute Gasteiger partial charge is 0.275 e. The minimum absolute atomic E-state index is 0.188. The van der Waals surface area contributed by atoms with Crippen molar-refractivity contribution >= 4 is 21.6 Å². The normalized spacial score (nSPS) is 17.7. The molecule has 3 aromatic rings. The molecular formula is C19H19N5OS. The lowest BCUT2D eigenvalue weighted by atomic mass is 10.1. The first-order chi connectivity index (χ1) is 12.6. The number of rotatable bonds is 3. The lowest BCUT2D eigenvalue weighted by molar-refractivity contribution is 0.186. The van der Waals surface area contributed by atoms with Gasteiger partial charge in [0.25, 0.3) is 5.56 Å². The zero-order valence-electron chi connectivity index (χ0n) is 14.8. The van der Waals surface area contributed by atoms with Crippen molar-refractivity contribution in [2.24, 2.45) is 0 Å². The summed E-state index contributed by atoms with van der Waals surface area (Å²) >= 11 is 1.71. The number of aryl methyl sites for hydroxylation is 1. The van der Waals surface area contributed by atoms with Gasteiger partial charge in [-0.15, -0.1) is 11.3 Å². The first-order valence-electron chi connectivity index (χ1n) is 8.66. The minimum atomic E-state index is -0.314. The third-order valence-corrected chi connectivity index (χ3v) is 6.16. The number of hydrogen-bond donors (Lipinski definition) is 0. The molecule has 3 heterocycles. The van der Waals surface area contributed by atoms with E-state index in [0.29, 0.717) is 12.2 Å². The van der Waals surface area contributed by atoms with Crippen molar-refractivity contribution in [3.63, 3.8) is 0 Å². The summed E-state index contributed by atoms with van der Waals surface area (Å²) < 4.78 is 2.61. The Morgan fingerprint density at radius 3 is 2.92 bits per heavy atom. The highest BCUT2D eigenvalue weighted by Gasteiger charge is 2.29. The van der Waals surface area contributed by atoms with Crippen molar-refractivity contribution in [1.82, 2.24) is 19.7 Å². The van der Waals surface area contributed by atoms with E-state index in [1.165, 1.54) is 9.38 Å². The highest BCUT2D eigenvalue weighted by molar-refractivity contribution is 7.18. The zero-order chi connectivity index (χ0) is 18.3. The van der Waals surface area contributed by atoms with E-state index in [2.05, 4.69) is 16.1 Å². The van der Waals surface area contributed by atoms with Crippen molar-refractivity contribution in [2.45, 2.75) is 39.4 Å². The Balaban J connectivity index is 1.67. The molecule has 1 aromatic carbocycles. The Hall–Kier alpha value is -2.56. The number of thiazole rings is 1.